The van der Waals surface area contributed by atoms with E-state index in [1.165, 1.54) is 17.4 Å². The van der Waals surface area contributed by atoms with E-state index in [0.29, 0.717) is 12.2 Å². The number of hydrogen-bond acceptors (Lipinski definition) is 4. The maximum atomic E-state index is 12.2. The third kappa shape index (κ3) is 2.98. The lowest BCUT2D eigenvalue weighted by atomic mass is 9.81. The van der Waals surface area contributed by atoms with Gasteiger partial charge in [0.25, 0.3) is 0 Å². The van der Waals surface area contributed by atoms with Crippen LogP contribution in [-0.2, 0) is 11.2 Å². The van der Waals surface area contributed by atoms with Crippen molar-refractivity contribution in [2.45, 2.75) is 38.5 Å². The van der Waals surface area contributed by atoms with Gasteiger partial charge in [-0.3, -0.25) is 4.79 Å². The van der Waals surface area contributed by atoms with Crippen molar-refractivity contribution in [1.29, 1.82) is 0 Å². The second kappa shape index (κ2) is 6.22. The molecule has 0 saturated heterocycles. The zero-order valence-corrected chi connectivity index (χ0v) is 12.9. The molecular weight excluding hydrogens is 280 g/mol. The smallest absolute Gasteiger partial charge is 0.226 e. The van der Waals surface area contributed by atoms with Gasteiger partial charge >= 0.3 is 0 Å². The molecule has 1 aliphatic rings. The first kappa shape index (κ1) is 14.6. The van der Waals surface area contributed by atoms with Gasteiger partial charge < -0.3 is 14.6 Å². The molecule has 1 amide bonds. The monoisotopic (exact) mass is 300 g/mol. The highest BCUT2D eigenvalue weighted by Gasteiger charge is 2.23. The fourth-order valence-electron chi connectivity index (χ4n) is 3.04. The van der Waals surface area contributed by atoms with Gasteiger partial charge in [0.05, 0.1) is 7.11 Å². The van der Waals surface area contributed by atoms with Crippen molar-refractivity contribution in [1.82, 2.24) is 5.16 Å². The summed E-state index contributed by atoms with van der Waals surface area (Å²) in [6.07, 6.45) is 5.17. The minimum atomic E-state index is -0.0225. The highest BCUT2D eigenvalue weighted by molar-refractivity contribution is 5.90. The molecule has 1 N–H and O–H groups in total. The molecule has 1 heterocycles. The minimum Gasteiger partial charge on any atom is -0.497 e. The van der Waals surface area contributed by atoms with Crippen molar-refractivity contribution in [3.63, 3.8) is 0 Å². The quantitative estimate of drug-likeness (QED) is 0.939. The Morgan fingerprint density at radius 2 is 2.36 bits per heavy atom. The molecule has 0 radical (unpaired) electrons. The van der Waals surface area contributed by atoms with E-state index >= 15 is 0 Å². The third-order valence-corrected chi connectivity index (χ3v) is 4.23. The Balaban J connectivity index is 1.71. The normalized spacial score (nSPS) is 16.9. The molecule has 0 bridgehead atoms. The van der Waals surface area contributed by atoms with E-state index in [9.17, 15) is 4.79 Å². The Kier molecular flexibility index (Phi) is 4.13. The van der Waals surface area contributed by atoms with Gasteiger partial charge in [-0.1, -0.05) is 11.2 Å². The number of rotatable bonds is 4. The first-order valence-corrected chi connectivity index (χ1v) is 7.55. The van der Waals surface area contributed by atoms with E-state index in [4.69, 9.17) is 9.26 Å². The molecule has 0 saturated carbocycles. The molecule has 1 aromatic heterocycles. The molecule has 1 unspecified atom stereocenters. The van der Waals surface area contributed by atoms with Gasteiger partial charge in [0, 0.05) is 12.0 Å². The number of fused-ring (bicyclic) bond motifs is 1. The number of methoxy groups -OCH3 is 1. The van der Waals surface area contributed by atoms with Crippen LogP contribution in [0, 0.1) is 6.92 Å². The predicted molar refractivity (Wildman–Crippen MR) is 83.2 cm³/mol. The summed E-state index contributed by atoms with van der Waals surface area (Å²) in [5.41, 5.74) is 3.39. The van der Waals surface area contributed by atoms with Crippen molar-refractivity contribution in [2.24, 2.45) is 0 Å². The van der Waals surface area contributed by atoms with Crippen LogP contribution in [0.15, 0.2) is 29.0 Å². The molecule has 2 aromatic rings. The van der Waals surface area contributed by atoms with Gasteiger partial charge in [-0.25, -0.2) is 0 Å². The molecule has 1 aliphatic carbocycles. The maximum Gasteiger partial charge on any atom is 0.226 e. The number of aryl methyl sites for hydroxylation is 2. The zero-order chi connectivity index (χ0) is 15.5. The lowest BCUT2D eigenvalue weighted by molar-refractivity contribution is -0.116. The molecule has 3 rings (SSSR count). The van der Waals surface area contributed by atoms with Crippen LogP contribution in [0.3, 0.4) is 0 Å². The topological polar surface area (TPSA) is 64.4 Å². The molecule has 116 valence electrons. The molecule has 1 atom stereocenters. The van der Waals surface area contributed by atoms with Crippen LogP contribution < -0.4 is 10.1 Å². The number of nitrogens with zero attached hydrogens (tertiary/aromatic N) is 1. The fraction of sp³-hybridized carbons (Fsp3) is 0.412. The molecule has 22 heavy (non-hydrogen) atoms. The number of ether oxygens (including phenoxy) is 1. The number of aromatic nitrogens is 1. The second-order valence-electron chi connectivity index (χ2n) is 5.75. The van der Waals surface area contributed by atoms with Gasteiger partial charge in [-0.05, 0) is 55.4 Å². The number of anilines is 1. The van der Waals surface area contributed by atoms with E-state index in [2.05, 4.69) is 22.6 Å². The highest BCUT2D eigenvalue weighted by Crippen LogP contribution is 2.36. The fourth-order valence-corrected chi connectivity index (χ4v) is 3.04. The van der Waals surface area contributed by atoms with Gasteiger partial charge in [0.2, 0.25) is 5.91 Å². The molecule has 0 aliphatic heterocycles. The number of amides is 1. The average molecular weight is 300 g/mol. The van der Waals surface area contributed by atoms with Crippen LogP contribution in [0.4, 0.5) is 5.82 Å². The number of benzene rings is 1. The Bertz CT molecular complexity index is 678. The van der Waals surface area contributed by atoms with E-state index in [-0.39, 0.29) is 11.8 Å². The first-order valence-electron chi connectivity index (χ1n) is 7.55. The van der Waals surface area contributed by atoms with Gasteiger partial charge in [0.1, 0.15) is 12.0 Å². The van der Waals surface area contributed by atoms with Crippen LogP contribution in [0.5, 0.6) is 5.75 Å². The Morgan fingerprint density at radius 1 is 1.50 bits per heavy atom. The number of nitrogens with one attached hydrogen (secondary N) is 1. The van der Waals surface area contributed by atoms with Gasteiger partial charge in [-0.15, -0.1) is 0 Å². The highest BCUT2D eigenvalue weighted by atomic mass is 16.5. The largest absolute Gasteiger partial charge is 0.497 e. The lowest BCUT2D eigenvalue weighted by Crippen LogP contribution is -2.19. The summed E-state index contributed by atoms with van der Waals surface area (Å²) in [7, 11) is 1.68. The number of hydrogen-bond donors (Lipinski definition) is 1. The van der Waals surface area contributed by atoms with E-state index in [1.54, 1.807) is 7.11 Å². The van der Waals surface area contributed by atoms with Gasteiger partial charge in [0.15, 0.2) is 5.82 Å². The molecule has 0 fully saturated rings. The third-order valence-electron chi connectivity index (χ3n) is 4.23. The van der Waals surface area contributed by atoms with Crippen LogP contribution in [0.1, 0.15) is 41.9 Å². The van der Waals surface area contributed by atoms with Crippen molar-refractivity contribution in [3.05, 3.63) is 41.2 Å². The summed E-state index contributed by atoms with van der Waals surface area (Å²) in [4.78, 5) is 12.2. The Labute approximate surface area is 129 Å². The van der Waals surface area contributed by atoms with Crippen LogP contribution in [-0.4, -0.2) is 18.2 Å². The van der Waals surface area contributed by atoms with Crippen molar-refractivity contribution >= 4 is 11.7 Å². The minimum absolute atomic E-state index is 0.0225. The van der Waals surface area contributed by atoms with Crippen LogP contribution in [0.25, 0.3) is 0 Å². The summed E-state index contributed by atoms with van der Waals surface area (Å²) in [6.45, 7) is 1.86. The van der Waals surface area contributed by atoms with Crippen molar-refractivity contribution in [3.8, 4) is 5.75 Å². The zero-order valence-electron chi connectivity index (χ0n) is 12.9. The molecule has 5 heteroatoms. The Hall–Kier alpha value is -2.30. The number of carbonyl (C=O) groups is 1. The Morgan fingerprint density at radius 3 is 3.09 bits per heavy atom. The van der Waals surface area contributed by atoms with E-state index in [1.807, 2.05) is 13.0 Å². The van der Waals surface area contributed by atoms with Crippen LogP contribution in [0.2, 0.25) is 0 Å². The van der Waals surface area contributed by atoms with Crippen molar-refractivity contribution < 1.29 is 14.1 Å². The molecule has 5 nitrogen and oxygen atoms in total. The molecule has 1 aromatic carbocycles. The van der Waals surface area contributed by atoms with E-state index < -0.39 is 0 Å². The SMILES string of the molecule is COc1ccc2c(c1)CCCC2CC(=O)Nc1nocc1C. The second-order valence-corrected chi connectivity index (χ2v) is 5.75. The summed E-state index contributed by atoms with van der Waals surface area (Å²) < 4.78 is 10.1. The first-order chi connectivity index (χ1) is 10.7. The lowest BCUT2D eigenvalue weighted by Gasteiger charge is -2.25. The number of carbonyl (C=O) groups excluding carboxylic acids is 1. The molecular formula is C17H20N2O3. The van der Waals surface area contributed by atoms with Crippen LogP contribution >= 0.6 is 0 Å². The summed E-state index contributed by atoms with van der Waals surface area (Å²) >= 11 is 0. The summed E-state index contributed by atoms with van der Waals surface area (Å²) in [6, 6.07) is 6.14. The standard InChI is InChI=1S/C17H20N2O3/c1-11-10-22-19-17(11)18-16(20)9-13-5-3-4-12-8-14(21-2)6-7-15(12)13/h6-8,10,13H,3-5,9H2,1-2H3,(H,18,19,20). The van der Waals surface area contributed by atoms with E-state index in [0.717, 1.165) is 30.6 Å². The predicted octanol–water partition coefficient (Wildman–Crippen LogP) is 3.44. The average Bonchev–Trinajstić information content (AvgIpc) is 2.92. The molecule has 0 spiro atoms. The summed E-state index contributed by atoms with van der Waals surface area (Å²) in [5.74, 6) is 1.62. The summed E-state index contributed by atoms with van der Waals surface area (Å²) in [5, 5.41) is 6.61. The van der Waals surface area contributed by atoms with Gasteiger partial charge in [-0.2, -0.15) is 0 Å². The van der Waals surface area contributed by atoms with Crippen molar-refractivity contribution in [2.75, 3.05) is 12.4 Å². The maximum absolute atomic E-state index is 12.2.